The molecule has 0 saturated heterocycles. The first-order valence-corrected chi connectivity index (χ1v) is 8.71. The third kappa shape index (κ3) is 3.95. The van der Waals surface area contributed by atoms with Crippen LogP contribution in [-0.4, -0.2) is 37.2 Å². The lowest BCUT2D eigenvalue weighted by molar-refractivity contribution is -0.139. The van der Waals surface area contributed by atoms with Gasteiger partial charge in [0.25, 0.3) is 0 Å². The second-order valence-corrected chi connectivity index (χ2v) is 5.74. The summed E-state index contributed by atoms with van der Waals surface area (Å²) in [6, 6.07) is 6.60. The number of ether oxygens (including phenoxy) is 2. The summed E-state index contributed by atoms with van der Waals surface area (Å²) in [5, 5.41) is 2.91. The van der Waals surface area contributed by atoms with E-state index in [-0.39, 0.29) is 12.6 Å². The Balaban J connectivity index is 2.60. The smallest absolute Gasteiger partial charge is 0.338 e. The highest BCUT2D eigenvalue weighted by Gasteiger charge is 2.37. The molecule has 1 atom stereocenters. The zero-order chi connectivity index (χ0) is 18.4. The Bertz CT molecular complexity index is 669. The predicted molar refractivity (Wildman–Crippen MR) is 95.2 cm³/mol. The Morgan fingerprint density at radius 3 is 2.56 bits per heavy atom. The minimum Gasteiger partial charge on any atom is -0.494 e. The van der Waals surface area contributed by atoms with Crippen molar-refractivity contribution in [2.75, 3.05) is 20.3 Å². The quantitative estimate of drug-likeness (QED) is 0.769. The Hall–Kier alpha value is -2.50. The van der Waals surface area contributed by atoms with Crippen LogP contribution in [0.15, 0.2) is 35.5 Å². The van der Waals surface area contributed by atoms with E-state index in [1.54, 1.807) is 14.0 Å². The standard InChI is InChI=1S/C19H26N2O4/c1-5-10-14-16(18(22)25-7-3)17(20-19(23)21(14)4)13-11-8-9-12-15(13)24-6-2/h8-9,11-12,17H,5-7,10H2,1-4H3,(H,20,23)/t17-/m0/s1. The number of carbonyl (C=O) groups is 2. The van der Waals surface area contributed by atoms with Gasteiger partial charge >= 0.3 is 12.0 Å². The topological polar surface area (TPSA) is 67.9 Å². The van der Waals surface area contributed by atoms with Gasteiger partial charge in [-0.1, -0.05) is 31.5 Å². The van der Waals surface area contributed by atoms with E-state index in [0.717, 1.165) is 12.0 Å². The van der Waals surface area contributed by atoms with Gasteiger partial charge in [-0.25, -0.2) is 9.59 Å². The molecule has 0 saturated carbocycles. The van der Waals surface area contributed by atoms with Crippen molar-refractivity contribution >= 4 is 12.0 Å². The lowest BCUT2D eigenvalue weighted by atomic mass is 9.92. The van der Waals surface area contributed by atoms with Gasteiger partial charge < -0.3 is 19.7 Å². The molecule has 0 radical (unpaired) electrons. The summed E-state index contributed by atoms with van der Waals surface area (Å²) in [6.45, 7) is 6.46. The van der Waals surface area contributed by atoms with Crippen molar-refractivity contribution < 1.29 is 19.1 Å². The third-order valence-corrected chi connectivity index (χ3v) is 4.09. The number of hydrogen-bond acceptors (Lipinski definition) is 4. The molecule has 136 valence electrons. The predicted octanol–water partition coefficient (Wildman–Crippen LogP) is 3.40. The summed E-state index contributed by atoms with van der Waals surface area (Å²) in [5.41, 5.74) is 1.92. The molecule has 0 bridgehead atoms. The van der Waals surface area contributed by atoms with Crippen molar-refractivity contribution in [2.45, 2.75) is 39.7 Å². The molecule has 25 heavy (non-hydrogen) atoms. The fourth-order valence-electron chi connectivity index (χ4n) is 2.99. The van der Waals surface area contributed by atoms with Crippen LogP contribution >= 0.6 is 0 Å². The summed E-state index contributed by atoms with van der Waals surface area (Å²) < 4.78 is 11.0. The number of para-hydroxylation sites is 1. The van der Waals surface area contributed by atoms with Crippen LogP contribution in [-0.2, 0) is 9.53 Å². The molecular weight excluding hydrogens is 320 g/mol. The molecule has 1 N–H and O–H groups in total. The van der Waals surface area contributed by atoms with Crippen LogP contribution in [0.2, 0.25) is 0 Å². The fourth-order valence-corrected chi connectivity index (χ4v) is 2.99. The minimum atomic E-state index is -0.591. The summed E-state index contributed by atoms with van der Waals surface area (Å²) in [7, 11) is 1.67. The molecule has 1 aromatic rings. The number of nitrogens with one attached hydrogen (secondary N) is 1. The van der Waals surface area contributed by atoms with Gasteiger partial charge in [0.2, 0.25) is 0 Å². The van der Waals surface area contributed by atoms with Crippen molar-refractivity contribution in [2.24, 2.45) is 0 Å². The van der Waals surface area contributed by atoms with Gasteiger partial charge in [-0.3, -0.25) is 0 Å². The van der Waals surface area contributed by atoms with Gasteiger partial charge in [0.1, 0.15) is 5.75 Å². The first-order valence-electron chi connectivity index (χ1n) is 8.71. The Labute approximate surface area is 148 Å². The van der Waals surface area contributed by atoms with E-state index in [1.807, 2.05) is 38.1 Å². The van der Waals surface area contributed by atoms with Crippen molar-refractivity contribution in [3.63, 3.8) is 0 Å². The largest absolute Gasteiger partial charge is 0.494 e. The molecule has 0 aromatic heterocycles. The van der Waals surface area contributed by atoms with Crippen molar-refractivity contribution in [1.29, 1.82) is 0 Å². The number of esters is 1. The van der Waals surface area contributed by atoms with Gasteiger partial charge in [0.05, 0.1) is 24.8 Å². The summed E-state index contributed by atoms with van der Waals surface area (Å²) in [6.07, 6.45) is 1.43. The Kier molecular flexibility index (Phi) is 6.44. The second kappa shape index (κ2) is 8.55. The molecule has 0 spiro atoms. The van der Waals surface area contributed by atoms with Gasteiger partial charge in [0, 0.05) is 18.3 Å². The van der Waals surface area contributed by atoms with Gasteiger partial charge in [0.15, 0.2) is 0 Å². The maximum Gasteiger partial charge on any atom is 0.338 e. The molecule has 1 aliphatic heterocycles. The molecule has 1 aliphatic rings. The van der Waals surface area contributed by atoms with E-state index in [4.69, 9.17) is 9.47 Å². The van der Waals surface area contributed by atoms with E-state index < -0.39 is 12.0 Å². The number of carbonyl (C=O) groups excluding carboxylic acids is 2. The normalized spacial score (nSPS) is 17.4. The molecule has 0 fully saturated rings. The molecule has 1 aromatic carbocycles. The number of hydrogen-bond donors (Lipinski definition) is 1. The average molecular weight is 346 g/mol. The van der Waals surface area contributed by atoms with Crippen LogP contribution in [0.5, 0.6) is 5.75 Å². The lowest BCUT2D eigenvalue weighted by Gasteiger charge is -2.35. The lowest BCUT2D eigenvalue weighted by Crippen LogP contribution is -2.47. The van der Waals surface area contributed by atoms with Crippen LogP contribution in [0.4, 0.5) is 4.79 Å². The zero-order valence-electron chi connectivity index (χ0n) is 15.3. The summed E-state index contributed by atoms with van der Waals surface area (Å²) in [4.78, 5) is 26.6. The first kappa shape index (κ1) is 18.8. The van der Waals surface area contributed by atoms with E-state index >= 15 is 0 Å². The van der Waals surface area contributed by atoms with Crippen molar-refractivity contribution in [3.05, 3.63) is 41.1 Å². The SMILES string of the molecule is CCCC1=C(C(=O)OCC)[C@H](c2ccccc2OCC)NC(=O)N1C. The molecular formula is C19H26N2O4. The van der Waals surface area contributed by atoms with Crippen molar-refractivity contribution in [3.8, 4) is 5.75 Å². The molecule has 2 rings (SSSR count). The number of rotatable bonds is 7. The van der Waals surface area contributed by atoms with Crippen LogP contribution in [0, 0.1) is 0 Å². The molecule has 2 amide bonds. The van der Waals surface area contributed by atoms with Crippen LogP contribution in [0.25, 0.3) is 0 Å². The van der Waals surface area contributed by atoms with E-state index in [1.165, 1.54) is 4.90 Å². The Morgan fingerprint density at radius 1 is 1.20 bits per heavy atom. The average Bonchev–Trinajstić information content (AvgIpc) is 2.60. The molecule has 0 aliphatic carbocycles. The van der Waals surface area contributed by atoms with E-state index in [9.17, 15) is 9.59 Å². The molecule has 0 unspecified atom stereocenters. The molecule has 6 nitrogen and oxygen atoms in total. The number of benzene rings is 1. The highest BCUT2D eigenvalue weighted by atomic mass is 16.5. The third-order valence-electron chi connectivity index (χ3n) is 4.09. The fraction of sp³-hybridized carbons (Fsp3) is 0.474. The number of urea groups is 1. The van der Waals surface area contributed by atoms with Crippen molar-refractivity contribution in [1.82, 2.24) is 10.2 Å². The van der Waals surface area contributed by atoms with E-state index in [2.05, 4.69) is 5.32 Å². The zero-order valence-corrected chi connectivity index (χ0v) is 15.3. The van der Waals surface area contributed by atoms with Crippen LogP contribution < -0.4 is 10.1 Å². The highest BCUT2D eigenvalue weighted by Crippen LogP contribution is 2.36. The number of amides is 2. The maximum absolute atomic E-state index is 12.7. The van der Waals surface area contributed by atoms with Gasteiger partial charge in [-0.05, 0) is 26.3 Å². The maximum atomic E-state index is 12.7. The van der Waals surface area contributed by atoms with Gasteiger partial charge in [-0.2, -0.15) is 0 Å². The first-order chi connectivity index (χ1) is 12.0. The second-order valence-electron chi connectivity index (χ2n) is 5.74. The van der Waals surface area contributed by atoms with Crippen LogP contribution in [0.1, 0.15) is 45.2 Å². The number of nitrogens with zero attached hydrogens (tertiary/aromatic N) is 1. The number of allylic oxidation sites excluding steroid dienone is 1. The Morgan fingerprint density at radius 2 is 1.92 bits per heavy atom. The summed E-state index contributed by atoms with van der Waals surface area (Å²) in [5.74, 6) is 0.242. The highest BCUT2D eigenvalue weighted by molar-refractivity contribution is 5.95. The van der Waals surface area contributed by atoms with E-state index in [0.29, 0.717) is 30.0 Å². The summed E-state index contributed by atoms with van der Waals surface area (Å²) >= 11 is 0. The van der Waals surface area contributed by atoms with Gasteiger partial charge in [-0.15, -0.1) is 0 Å². The molecule has 1 heterocycles. The minimum absolute atomic E-state index is 0.243. The molecule has 6 heteroatoms. The van der Waals surface area contributed by atoms with Crippen LogP contribution in [0.3, 0.4) is 0 Å². The monoisotopic (exact) mass is 346 g/mol.